The molecule has 2 atom stereocenters. The number of carbonyl (C=O) groups excluding carboxylic acids is 1. The van der Waals surface area contributed by atoms with Crippen molar-refractivity contribution in [2.24, 2.45) is 5.41 Å². The summed E-state index contributed by atoms with van der Waals surface area (Å²) >= 11 is 2.75. The van der Waals surface area contributed by atoms with Gasteiger partial charge in [0, 0.05) is 24.1 Å². The minimum atomic E-state index is -1.03. The van der Waals surface area contributed by atoms with Crippen LogP contribution in [0.2, 0.25) is 0 Å². The molecule has 1 amide bonds. The molecule has 0 unspecified atom stereocenters. The minimum absolute atomic E-state index is 0.0102. The lowest BCUT2D eigenvalue weighted by Gasteiger charge is -2.25. The summed E-state index contributed by atoms with van der Waals surface area (Å²) in [6.07, 6.45) is 4.44. The van der Waals surface area contributed by atoms with Gasteiger partial charge >= 0.3 is 5.97 Å². The Bertz CT molecular complexity index is 651. The quantitative estimate of drug-likeness (QED) is 0.555. The number of rotatable bonds is 7. The number of amides is 1. The summed E-state index contributed by atoms with van der Waals surface area (Å²) in [5.74, 6) is -0.254. The van der Waals surface area contributed by atoms with E-state index in [1.54, 1.807) is 6.08 Å². The molecule has 1 aromatic rings. The molecule has 1 aliphatic heterocycles. The first-order chi connectivity index (χ1) is 11.7. The number of nitrogens with zero attached hydrogens (tertiary/aromatic N) is 2. The Hall–Kier alpha value is -1.38. The van der Waals surface area contributed by atoms with Crippen molar-refractivity contribution in [2.75, 3.05) is 12.3 Å². The molecule has 0 saturated carbocycles. The average Bonchev–Trinajstić information content (AvgIpc) is 3.12. The largest absolute Gasteiger partial charge is 0.476 e. The van der Waals surface area contributed by atoms with Crippen LogP contribution in [0.5, 0.6) is 0 Å². The number of hydrogen-bond acceptors (Lipinski definition) is 6. The molecule has 2 heterocycles. The molecule has 2 rings (SSSR count). The van der Waals surface area contributed by atoms with Crippen molar-refractivity contribution in [3.05, 3.63) is 23.2 Å². The maximum atomic E-state index is 12.1. The smallest absolute Gasteiger partial charge is 0.355 e. The molecule has 1 fully saturated rings. The highest BCUT2D eigenvalue weighted by molar-refractivity contribution is 8.01. The summed E-state index contributed by atoms with van der Waals surface area (Å²) in [4.78, 5) is 28.8. The van der Waals surface area contributed by atoms with E-state index in [0.717, 1.165) is 6.42 Å². The van der Waals surface area contributed by atoms with E-state index in [1.165, 1.54) is 28.5 Å². The van der Waals surface area contributed by atoms with Crippen LogP contribution in [-0.2, 0) is 4.79 Å². The molecular formula is C17H24N2O4S2. The third kappa shape index (κ3) is 5.55. The third-order valence-corrected chi connectivity index (χ3v) is 6.04. The number of carboxylic acid groups (broad SMARTS) is 1. The first-order valence-corrected chi connectivity index (χ1v) is 10.0. The fourth-order valence-electron chi connectivity index (χ4n) is 2.42. The number of thiazole rings is 1. The summed E-state index contributed by atoms with van der Waals surface area (Å²) in [6, 6.07) is 0.0102. The lowest BCUT2D eigenvalue weighted by Crippen LogP contribution is -2.34. The predicted octanol–water partition coefficient (Wildman–Crippen LogP) is 2.89. The molecule has 0 spiro atoms. The van der Waals surface area contributed by atoms with Gasteiger partial charge in [0.25, 0.3) is 0 Å². The molecule has 0 aromatic carbocycles. The molecule has 0 radical (unpaired) electrons. The molecule has 2 N–H and O–H groups in total. The minimum Gasteiger partial charge on any atom is -0.476 e. The van der Waals surface area contributed by atoms with Crippen molar-refractivity contribution < 1.29 is 19.8 Å². The molecule has 25 heavy (non-hydrogen) atoms. The Morgan fingerprint density at radius 2 is 2.28 bits per heavy atom. The summed E-state index contributed by atoms with van der Waals surface area (Å²) in [7, 11) is 0. The predicted molar refractivity (Wildman–Crippen MR) is 99.1 cm³/mol. The van der Waals surface area contributed by atoms with Gasteiger partial charge in [0.2, 0.25) is 5.91 Å². The summed E-state index contributed by atoms with van der Waals surface area (Å²) < 4.78 is 0.694. The van der Waals surface area contributed by atoms with E-state index in [9.17, 15) is 14.7 Å². The standard InChI is InChI=1S/C17H24N2O4S2/c1-17(2,3)13(20)6-4-11-5-7-14(21)19(11)8-9-24-16-18-12(10-25-16)15(22)23/h4,6,10-11,13,20H,5,7-9H2,1-3H3,(H,22,23)/b6-4+/t11-,13+/m0/s1. The van der Waals surface area contributed by atoms with Gasteiger partial charge in [-0.15, -0.1) is 11.3 Å². The van der Waals surface area contributed by atoms with E-state index >= 15 is 0 Å². The van der Waals surface area contributed by atoms with Crippen LogP contribution in [-0.4, -0.2) is 56.4 Å². The maximum Gasteiger partial charge on any atom is 0.355 e. The van der Waals surface area contributed by atoms with E-state index in [-0.39, 0.29) is 23.1 Å². The van der Waals surface area contributed by atoms with Crippen LogP contribution in [0.4, 0.5) is 0 Å². The molecule has 6 nitrogen and oxygen atoms in total. The Balaban J connectivity index is 1.88. The van der Waals surface area contributed by atoms with Crippen molar-refractivity contribution in [3.8, 4) is 0 Å². The van der Waals surface area contributed by atoms with Gasteiger partial charge in [-0.1, -0.05) is 44.7 Å². The fraction of sp³-hybridized carbons (Fsp3) is 0.588. The summed E-state index contributed by atoms with van der Waals surface area (Å²) in [5, 5.41) is 20.5. The number of likely N-dealkylation sites (tertiary alicyclic amines) is 1. The van der Waals surface area contributed by atoms with E-state index in [0.29, 0.717) is 23.1 Å². The van der Waals surface area contributed by atoms with Gasteiger partial charge in [0.15, 0.2) is 10.0 Å². The number of thioether (sulfide) groups is 1. The fourth-order valence-corrected chi connectivity index (χ4v) is 4.23. The van der Waals surface area contributed by atoms with Crippen LogP contribution in [0.1, 0.15) is 44.1 Å². The second-order valence-corrected chi connectivity index (χ2v) is 9.24. The van der Waals surface area contributed by atoms with Crippen molar-refractivity contribution in [1.29, 1.82) is 0 Å². The SMILES string of the molecule is CC(C)(C)[C@H](O)/C=C/[C@H]1CCC(=O)N1CCSc1nc(C(=O)O)cs1. The molecule has 1 aromatic heterocycles. The number of aliphatic hydroxyl groups excluding tert-OH is 1. The number of carbonyl (C=O) groups is 2. The number of aliphatic hydroxyl groups is 1. The van der Waals surface area contributed by atoms with Crippen LogP contribution in [0.25, 0.3) is 0 Å². The average molecular weight is 385 g/mol. The molecule has 0 aliphatic carbocycles. The van der Waals surface area contributed by atoms with Crippen molar-refractivity contribution in [3.63, 3.8) is 0 Å². The molecule has 138 valence electrons. The van der Waals surface area contributed by atoms with Crippen LogP contribution in [0.3, 0.4) is 0 Å². The van der Waals surface area contributed by atoms with Crippen LogP contribution in [0, 0.1) is 5.41 Å². The number of aromatic nitrogens is 1. The van der Waals surface area contributed by atoms with Gasteiger partial charge in [-0.3, -0.25) is 4.79 Å². The van der Waals surface area contributed by atoms with Crippen LogP contribution < -0.4 is 0 Å². The zero-order valence-electron chi connectivity index (χ0n) is 14.6. The van der Waals surface area contributed by atoms with E-state index in [1.807, 2.05) is 31.7 Å². The summed E-state index contributed by atoms with van der Waals surface area (Å²) in [5.41, 5.74) is -0.173. The highest BCUT2D eigenvalue weighted by Gasteiger charge is 2.29. The van der Waals surface area contributed by atoms with Crippen molar-refractivity contribution >= 4 is 35.0 Å². The van der Waals surface area contributed by atoms with E-state index < -0.39 is 12.1 Å². The molecular weight excluding hydrogens is 360 g/mol. The lowest BCUT2D eigenvalue weighted by molar-refractivity contribution is -0.128. The maximum absolute atomic E-state index is 12.1. The normalized spacial score (nSPS) is 19.8. The van der Waals surface area contributed by atoms with Gasteiger partial charge in [0.05, 0.1) is 12.1 Å². The Morgan fingerprint density at radius 3 is 2.88 bits per heavy atom. The van der Waals surface area contributed by atoms with Gasteiger partial charge in [0.1, 0.15) is 0 Å². The Labute approximate surface area is 155 Å². The van der Waals surface area contributed by atoms with E-state index in [4.69, 9.17) is 5.11 Å². The second kappa shape index (κ2) is 8.33. The monoisotopic (exact) mass is 384 g/mol. The highest BCUT2D eigenvalue weighted by Crippen LogP contribution is 2.26. The molecule has 0 bridgehead atoms. The summed E-state index contributed by atoms with van der Waals surface area (Å²) in [6.45, 7) is 6.48. The van der Waals surface area contributed by atoms with Gasteiger partial charge in [-0.2, -0.15) is 0 Å². The zero-order valence-corrected chi connectivity index (χ0v) is 16.3. The molecule has 8 heteroatoms. The topological polar surface area (TPSA) is 90.7 Å². The third-order valence-electron chi connectivity index (χ3n) is 4.04. The second-order valence-electron chi connectivity index (χ2n) is 7.04. The van der Waals surface area contributed by atoms with Gasteiger partial charge in [-0.05, 0) is 11.8 Å². The Morgan fingerprint density at radius 1 is 1.56 bits per heavy atom. The lowest BCUT2D eigenvalue weighted by atomic mass is 9.88. The van der Waals surface area contributed by atoms with Crippen molar-refractivity contribution in [2.45, 2.75) is 50.1 Å². The molecule has 1 saturated heterocycles. The van der Waals surface area contributed by atoms with Gasteiger partial charge < -0.3 is 15.1 Å². The van der Waals surface area contributed by atoms with Crippen molar-refractivity contribution in [1.82, 2.24) is 9.88 Å². The number of hydrogen-bond donors (Lipinski definition) is 2. The highest BCUT2D eigenvalue weighted by atomic mass is 32.2. The first-order valence-electron chi connectivity index (χ1n) is 8.16. The zero-order chi connectivity index (χ0) is 18.6. The van der Waals surface area contributed by atoms with Crippen LogP contribution in [0.15, 0.2) is 21.9 Å². The van der Waals surface area contributed by atoms with Gasteiger partial charge in [-0.25, -0.2) is 9.78 Å². The van der Waals surface area contributed by atoms with Crippen LogP contribution >= 0.6 is 23.1 Å². The number of aromatic carboxylic acids is 1. The number of carboxylic acids is 1. The molecule has 1 aliphatic rings. The Kier molecular flexibility index (Phi) is 6.65. The van der Waals surface area contributed by atoms with E-state index in [2.05, 4.69) is 4.98 Å². The first kappa shape index (κ1) is 19.9.